The number of benzene rings is 2. The third-order valence-electron chi connectivity index (χ3n) is 5.64. The second-order valence-electron chi connectivity index (χ2n) is 7.66. The molecule has 0 radical (unpaired) electrons. The summed E-state index contributed by atoms with van der Waals surface area (Å²) >= 11 is 0. The van der Waals surface area contributed by atoms with E-state index in [0.29, 0.717) is 12.1 Å². The molecule has 7 heteroatoms. The molecule has 0 spiro atoms. The average molecular weight is 478 g/mol. The number of pyridine rings is 1. The van der Waals surface area contributed by atoms with Crippen molar-refractivity contribution in [2.75, 3.05) is 13.7 Å². The second kappa shape index (κ2) is 13.4. The standard InChI is InChI=1S/C25H29N3O.2ClH.H2O/c1-18-8-6-11-22(28-18)20-13-14-24(29-2)21(16-20)17-27-23-12-7-15-26-25(23)19-9-4-3-5-10-19;;;/h3-6,8-11,13-14,16,23,25-27H,7,12,15,17H2,1-2H3;2*1H;1H2. The van der Waals surface area contributed by atoms with Crippen LogP contribution in [-0.4, -0.2) is 30.2 Å². The van der Waals surface area contributed by atoms with Crippen molar-refractivity contribution in [3.63, 3.8) is 0 Å². The first-order chi connectivity index (χ1) is 14.2. The molecular weight excluding hydrogens is 445 g/mol. The minimum absolute atomic E-state index is 0. The van der Waals surface area contributed by atoms with Crippen LogP contribution in [0.15, 0.2) is 66.7 Å². The molecule has 0 amide bonds. The molecule has 32 heavy (non-hydrogen) atoms. The predicted octanol–water partition coefficient (Wildman–Crippen LogP) is 4.67. The molecule has 4 N–H and O–H groups in total. The molecule has 0 bridgehead atoms. The summed E-state index contributed by atoms with van der Waals surface area (Å²) in [5, 5.41) is 7.48. The first-order valence-corrected chi connectivity index (χ1v) is 10.4. The van der Waals surface area contributed by atoms with Crippen LogP contribution in [0.5, 0.6) is 5.75 Å². The van der Waals surface area contributed by atoms with Crippen molar-refractivity contribution < 1.29 is 10.2 Å². The molecule has 2 aromatic carbocycles. The Kier molecular flexibility index (Phi) is 11.7. The molecular formula is C25H33Cl2N3O2. The Morgan fingerprint density at radius 2 is 1.81 bits per heavy atom. The maximum absolute atomic E-state index is 5.64. The van der Waals surface area contributed by atoms with E-state index < -0.39 is 0 Å². The fourth-order valence-electron chi connectivity index (χ4n) is 4.14. The van der Waals surface area contributed by atoms with Crippen molar-refractivity contribution in [2.24, 2.45) is 0 Å². The van der Waals surface area contributed by atoms with Gasteiger partial charge < -0.3 is 20.8 Å². The van der Waals surface area contributed by atoms with Crippen LogP contribution in [-0.2, 0) is 6.54 Å². The monoisotopic (exact) mass is 477 g/mol. The Balaban J connectivity index is 0.00000171. The van der Waals surface area contributed by atoms with Crippen LogP contribution >= 0.6 is 24.8 Å². The van der Waals surface area contributed by atoms with E-state index in [1.165, 1.54) is 12.0 Å². The quantitative estimate of drug-likeness (QED) is 0.540. The second-order valence-corrected chi connectivity index (χ2v) is 7.66. The van der Waals surface area contributed by atoms with Crippen LogP contribution in [0.3, 0.4) is 0 Å². The van der Waals surface area contributed by atoms with Crippen LogP contribution in [0.1, 0.15) is 35.7 Å². The van der Waals surface area contributed by atoms with E-state index >= 15 is 0 Å². The van der Waals surface area contributed by atoms with Crippen LogP contribution < -0.4 is 15.4 Å². The molecule has 2 atom stereocenters. The first kappa shape index (κ1) is 27.9. The zero-order chi connectivity index (χ0) is 20.1. The lowest BCUT2D eigenvalue weighted by Gasteiger charge is -2.34. The van der Waals surface area contributed by atoms with Gasteiger partial charge >= 0.3 is 0 Å². The van der Waals surface area contributed by atoms with Crippen molar-refractivity contribution in [1.29, 1.82) is 0 Å². The number of piperidine rings is 1. The Labute approximate surface area is 203 Å². The summed E-state index contributed by atoms with van der Waals surface area (Å²) in [7, 11) is 1.73. The summed E-state index contributed by atoms with van der Waals surface area (Å²) in [6, 6.07) is 23.9. The van der Waals surface area contributed by atoms with E-state index in [4.69, 9.17) is 4.74 Å². The van der Waals surface area contributed by atoms with Gasteiger partial charge in [0.05, 0.1) is 12.8 Å². The zero-order valence-electron chi connectivity index (χ0n) is 18.5. The van der Waals surface area contributed by atoms with Crippen LogP contribution in [0.25, 0.3) is 11.3 Å². The predicted molar refractivity (Wildman–Crippen MR) is 136 cm³/mol. The minimum Gasteiger partial charge on any atom is -0.496 e. The summed E-state index contributed by atoms with van der Waals surface area (Å²) in [5.41, 5.74) is 5.64. The Morgan fingerprint density at radius 3 is 2.53 bits per heavy atom. The van der Waals surface area contributed by atoms with Gasteiger partial charge in [0.2, 0.25) is 0 Å². The lowest BCUT2D eigenvalue weighted by molar-refractivity contribution is 0.303. The number of rotatable bonds is 6. The lowest BCUT2D eigenvalue weighted by Crippen LogP contribution is -2.45. The van der Waals surface area contributed by atoms with Crippen molar-refractivity contribution in [2.45, 2.75) is 38.4 Å². The number of hydrogen-bond donors (Lipinski definition) is 2. The van der Waals surface area contributed by atoms with E-state index in [1.807, 2.05) is 19.1 Å². The van der Waals surface area contributed by atoms with Gasteiger partial charge in [0, 0.05) is 35.4 Å². The lowest BCUT2D eigenvalue weighted by atomic mass is 9.92. The number of methoxy groups -OCH3 is 1. The van der Waals surface area contributed by atoms with Gasteiger partial charge in [-0.3, -0.25) is 4.98 Å². The number of hydrogen-bond acceptors (Lipinski definition) is 4. The molecule has 1 saturated heterocycles. The Morgan fingerprint density at radius 1 is 1.03 bits per heavy atom. The summed E-state index contributed by atoms with van der Waals surface area (Å²) in [4.78, 5) is 4.67. The van der Waals surface area contributed by atoms with Crippen molar-refractivity contribution in [3.05, 3.63) is 83.6 Å². The van der Waals surface area contributed by atoms with Gasteiger partial charge in [0.15, 0.2) is 0 Å². The van der Waals surface area contributed by atoms with E-state index in [9.17, 15) is 0 Å². The van der Waals surface area contributed by atoms with Crippen LogP contribution in [0.2, 0.25) is 0 Å². The van der Waals surface area contributed by atoms with Crippen molar-refractivity contribution in [3.8, 4) is 17.0 Å². The molecule has 4 rings (SSSR count). The SMILES string of the molecule is COc1ccc(-c2cccc(C)n2)cc1CNC1CCCNC1c1ccccc1.Cl.Cl.O. The van der Waals surface area contributed by atoms with E-state index in [0.717, 1.165) is 47.8 Å². The average Bonchev–Trinajstić information content (AvgIpc) is 2.78. The zero-order valence-corrected chi connectivity index (χ0v) is 20.1. The fraction of sp³-hybridized carbons (Fsp3) is 0.320. The highest BCUT2D eigenvalue weighted by molar-refractivity contribution is 5.85. The number of ether oxygens (including phenoxy) is 1. The minimum atomic E-state index is 0. The summed E-state index contributed by atoms with van der Waals surface area (Å²) < 4.78 is 5.64. The van der Waals surface area contributed by atoms with E-state index in [2.05, 4.69) is 70.2 Å². The molecule has 174 valence electrons. The first-order valence-electron chi connectivity index (χ1n) is 10.4. The maximum atomic E-state index is 5.64. The smallest absolute Gasteiger partial charge is 0.123 e. The van der Waals surface area contributed by atoms with Crippen LogP contribution in [0.4, 0.5) is 0 Å². The summed E-state index contributed by atoms with van der Waals surface area (Å²) in [6.07, 6.45) is 2.35. The summed E-state index contributed by atoms with van der Waals surface area (Å²) in [5.74, 6) is 0.911. The highest BCUT2D eigenvalue weighted by Gasteiger charge is 2.25. The fourth-order valence-corrected chi connectivity index (χ4v) is 4.14. The van der Waals surface area contributed by atoms with E-state index in [-0.39, 0.29) is 30.3 Å². The van der Waals surface area contributed by atoms with Gasteiger partial charge in [0.1, 0.15) is 5.75 Å². The number of aryl methyl sites for hydroxylation is 1. The molecule has 2 unspecified atom stereocenters. The maximum Gasteiger partial charge on any atom is 0.123 e. The van der Waals surface area contributed by atoms with E-state index in [1.54, 1.807) is 7.11 Å². The van der Waals surface area contributed by atoms with Gasteiger partial charge in [-0.05, 0) is 62.2 Å². The normalized spacial score (nSPS) is 17.3. The van der Waals surface area contributed by atoms with Crippen molar-refractivity contribution >= 4 is 24.8 Å². The topological polar surface area (TPSA) is 77.7 Å². The highest BCUT2D eigenvalue weighted by Crippen LogP contribution is 2.28. The molecule has 3 aromatic rings. The molecule has 1 aliphatic heterocycles. The van der Waals surface area contributed by atoms with Gasteiger partial charge in [0.25, 0.3) is 0 Å². The molecule has 0 aliphatic carbocycles. The van der Waals surface area contributed by atoms with Gasteiger partial charge in [-0.15, -0.1) is 24.8 Å². The molecule has 5 nitrogen and oxygen atoms in total. The van der Waals surface area contributed by atoms with Crippen molar-refractivity contribution in [1.82, 2.24) is 15.6 Å². The van der Waals surface area contributed by atoms with Crippen LogP contribution in [0, 0.1) is 6.92 Å². The molecule has 1 fully saturated rings. The number of nitrogens with one attached hydrogen (secondary N) is 2. The summed E-state index contributed by atoms with van der Waals surface area (Å²) in [6.45, 7) is 3.85. The number of aromatic nitrogens is 1. The number of halogens is 2. The molecule has 2 heterocycles. The Bertz CT molecular complexity index is 957. The largest absolute Gasteiger partial charge is 0.496 e. The molecule has 0 saturated carbocycles. The Hall–Kier alpha value is -2.15. The third kappa shape index (κ3) is 6.67. The molecule has 1 aromatic heterocycles. The van der Waals surface area contributed by atoms with Gasteiger partial charge in [-0.1, -0.05) is 36.4 Å². The van der Waals surface area contributed by atoms with Gasteiger partial charge in [-0.2, -0.15) is 0 Å². The third-order valence-corrected chi connectivity index (χ3v) is 5.64. The molecule has 1 aliphatic rings. The van der Waals surface area contributed by atoms with Gasteiger partial charge in [-0.25, -0.2) is 0 Å². The number of nitrogens with zero attached hydrogens (tertiary/aromatic N) is 1. The highest BCUT2D eigenvalue weighted by atomic mass is 35.5.